The van der Waals surface area contributed by atoms with E-state index < -0.39 is 0 Å². The highest BCUT2D eigenvalue weighted by atomic mass is 35.5. The van der Waals surface area contributed by atoms with Crippen LogP contribution >= 0.6 is 11.6 Å². The van der Waals surface area contributed by atoms with Gasteiger partial charge in [-0.25, -0.2) is 4.68 Å². The van der Waals surface area contributed by atoms with Gasteiger partial charge in [-0.05, 0) is 44.6 Å². The predicted molar refractivity (Wildman–Crippen MR) is 80.9 cm³/mol. The first-order chi connectivity index (χ1) is 10.1. The first-order valence-electron chi connectivity index (χ1n) is 6.96. The molecule has 21 heavy (non-hydrogen) atoms. The predicted octanol–water partition coefficient (Wildman–Crippen LogP) is 1.24. The van der Waals surface area contributed by atoms with E-state index in [2.05, 4.69) is 43.9 Å². The van der Waals surface area contributed by atoms with E-state index in [9.17, 15) is 0 Å². The van der Waals surface area contributed by atoms with Crippen LogP contribution in [-0.2, 0) is 0 Å². The molecule has 1 fully saturated rings. The van der Waals surface area contributed by atoms with E-state index in [0.29, 0.717) is 17.9 Å². The van der Waals surface area contributed by atoms with Crippen LogP contribution in [0.25, 0.3) is 5.95 Å². The normalized spacial score (nSPS) is 18.7. The molecule has 1 aliphatic rings. The topological polar surface area (TPSA) is 63.0 Å². The van der Waals surface area contributed by atoms with E-state index in [4.69, 9.17) is 11.6 Å². The summed E-state index contributed by atoms with van der Waals surface area (Å²) < 4.78 is 1.59. The van der Waals surface area contributed by atoms with Gasteiger partial charge in [0.15, 0.2) is 0 Å². The number of aromatic nitrogens is 5. The van der Waals surface area contributed by atoms with Gasteiger partial charge >= 0.3 is 0 Å². The molecule has 7 nitrogen and oxygen atoms in total. The quantitative estimate of drug-likeness (QED) is 0.847. The van der Waals surface area contributed by atoms with Crippen molar-refractivity contribution in [1.82, 2.24) is 29.6 Å². The molecule has 112 valence electrons. The van der Waals surface area contributed by atoms with Crippen molar-refractivity contribution in [3.05, 3.63) is 23.7 Å². The number of hydrogen-bond acceptors (Lipinski definition) is 6. The summed E-state index contributed by atoms with van der Waals surface area (Å²) in [6.45, 7) is 1.91. The minimum atomic E-state index is 0.195. The molecule has 0 spiro atoms. The summed E-state index contributed by atoms with van der Waals surface area (Å²) in [4.78, 5) is 17.3. The van der Waals surface area contributed by atoms with Gasteiger partial charge in [0.2, 0.25) is 11.2 Å². The lowest BCUT2D eigenvalue weighted by molar-refractivity contribution is 0.370. The highest BCUT2D eigenvalue weighted by Gasteiger charge is 2.28. The van der Waals surface area contributed by atoms with Gasteiger partial charge in [-0.2, -0.15) is 20.1 Å². The molecule has 0 saturated carbocycles. The number of hydrogen-bond donors (Lipinski definition) is 0. The summed E-state index contributed by atoms with van der Waals surface area (Å²) >= 11 is 6.06. The number of anilines is 1. The Bertz CT molecular complexity index is 599. The van der Waals surface area contributed by atoms with Crippen LogP contribution in [-0.4, -0.2) is 62.9 Å². The summed E-state index contributed by atoms with van der Waals surface area (Å²) in [5, 5.41) is 4.34. The largest absolute Gasteiger partial charge is 0.336 e. The Kier molecular flexibility index (Phi) is 4.03. The first kappa shape index (κ1) is 14.2. The highest BCUT2D eigenvalue weighted by Crippen LogP contribution is 2.24. The maximum atomic E-state index is 6.06. The van der Waals surface area contributed by atoms with Crippen LogP contribution in [0.3, 0.4) is 0 Å². The number of nitrogens with zero attached hydrogens (tertiary/aromatic N) is 7. The molecule has 0 aliphatic carbocycles. The zero-order valence-electron chi connectivity index (χ0n) is 12.1. The Hall–Kier alpha value is -1.73. The summed E-state index contributed by atoms with van der Waals surface area (Å²) in [6, 6.07) is 2.23. The molecule has 2 aromatic heterocycles. The second-order valence-corrected chi connectivity index (χ2v) is 5.74. The van der Waals surface area contributed by atoms with E-state index in [1.807, 2.05) is 6.07 Å². The standard InChI is InChI=1S/C13H18ClN7/c1-19(2)9-10-5-3-7-20(10)12-16-11(14)17-13(18-12)21-8-4-6-15-21/h4,6,8,10H,3,5,7,9H2,1-2H3. The maximum Gasteiger partial charge on any atom is 0.256 e. The van der Waals surface area contributed by atoms with Gasteiger partial charge in [0.1, 0.15) is 0 Å². The van der Waals surface area contributed by atoms with E-state index in [-0.39, 0.29) is 5.28 Å². The summed E-state index contributed by atoms with van der Waals surface area (Å²) in [5.41, 5.74) is 0. The molecule has 0 amide bonds. The molecule has 3 rings (SSSR count). The van der Waals surface area contributed by atoms with Crippen molar-refractivity contribution in [3.8, 4) is 5.95 Å². The molecule has 2 aromatic rings. The monoisotopic (exact) mass is 307 g/mol. The molecule has 1 saturated heterocycles. The summed E-state index contributed by atoms with van der Waals surface area (Å²) in [5.74, 6) is 1.08. The van der Waals surface area contributed by atoms with Gasteiger partial charge in [0.25, 0.3) is 5.95 Å². The van der Waals surface area contributed by atoms with Crippen LogP contribution in [0.1, 0.15) is 12.8 Å². The van der Waals surface area contributed by atoms with Crippen LogP contribution in [0, 0.1) is 0 Å². The van der Waals surface area contributed by atoms with Crippen LogP contribution in [0.5, 0.6) is 0 Å². The molecular formula is C13H18ClN7. The highest BCUT2D eigenvalue weighted by molar-refractivity contribution is 6.28. The Morgan fingerprint density at radius 1 is 1.29 bits per heavy atom. The molecule has 0 radical (unpaired) electrons. The summed E-state index contributed by atoms with van der Waals surface area (Å²) in [7, 11) is 4.15. The fraction of sp³-hybridized carbons (Fsp3) is 0.538. The molecular weight excluding hydrogens is 290 g/mol. The Labute approximate surface area is 128 Å². The Balaban J connectivity index is 1.91. The van der Waals surface area contributed by atoms with E-state index in [1.165, 1.54) is 0 Å². The van der Waals surface area contributed by atoms with Crippen molar-refractivity contribution in [2.24, 2.45) is 0 Å². The molecule has 3 heterocycles. The minimum Gasteiger partial charge on any atom is -0.336 e. The lowest BCUT2D eigenvalue weighted by Gasteiger charge is -2.27. The van der Waals surface area contributed by atoms with Crippen LogP contribution in [0.4, 0.5) is 5.95 Å². The third-order valence-corrected chi connectivity index (χ3v) is 3.67. The Morgan fingerprint density at radius 3 is 2.81 bits per heavy atom. The molecule has 0 N–H and O–H groups in total. The van der Waals surface area contributed by atoms with E-state index >= 15 is 0 Å². The fourth-order valence-electron chi connectivity index (χ4n) is 2.66. The van der Waals surface area contributed by atoms with Gasteiger partial charge < -0.3 is 9.80 Å². The maximum absolute atomic E-state index is 6.06. The lowest BCUT2D eigenvalue weighted by Crippen LogP contribution is -2.38. The van der Waals surface area contributed by atoms with Crippen molar-refractivity contribution < 1.29 is 0 Å². The van der Waals surface area contributed by atoms with Gasteiger partial charge in [-0.15, -0.1) is 0 Å². The van der Waals surface area contributed by atoms with Crippen LogP contribution in [0.15, 0.2) is 18.5 Å². The van der Waals surface area contributed by atoms with Gasteiger partial charge in [0, 0.05) is 31.5 Å². The Morgan fingerprint density at radius 2 is 2.10 bits per heavy atom. The zero-order valence-corrected chi connectivity index (χ0v) is 12.9. The average molecular weight is 308 g/mol. The molecule has 1 aliphatic heterocycles. The van der Waals surface area contributed by atoms with Crippen molar-refractivity contribution in [3.63, 3.8) is 0 Å². The van der Waals surface area contributed by atoms with Gasteiger partial charge in [-0.3, -0.25) is 0 Å². The number of rotatable bonds is 4. The third-order valence-electron chi connectivity index (χ3n) is 3.50. The van der Waals surface area contributed by atoms with Crippen molar-refractivity contribution >= 4 is 17.5 Å². The van der Waals surface area contributed by atoms with Crippen molar-refractivity contribution in [1.29, 1.82) is 0 Å². The average Bonchev–Trinajstić information content (AvgIpc) is 3.07. The van der Waals surface area contributed by atoms with Gasteiger partial charge in [0.05, 0.1) is 0 Å². The van der Waals surface area contributed by atoms with Crippen LogP contribution < -0.4 is 4.90 Å². The van der Waals surface area contributed by atoms with Crippen molar-refractivity contribution in [2.75, 3.05) is 32.1 Å². The number of halogens is 1. The first-order valence-corrected chi connectivity index (χ1v) is 7.34. The molecule has 0 aromatic carbocycles. The number of likely N-dealkylation sites (N-methyl/N-ethyl adjacent to an activating group) is 1. The van der Waals surface area contributed by atoms with E-state index in [1.54, 1.807) is 17.1 Å². The second kappa shape index (κ2) is 5.95. The second-order valence-electron chi connectivity index (χ2n) is 5.41. The zero-order chi connectivity index (χ0) is 14.8. The SMILES string of the molecule is CN(C)CC1CCCN1c1nc(Cl)nc(-n2cccn2)n1. The van der Waals surface area contributed by atoms with Gasteiger partial charge in [-0.1, -0.05) is 0 Å². The summed E-state index contributed by atoms with van der Waals surface area (Å²) in [6.07, 6.45) is 5.75. The smallest absolute Gasteiger partial charge is 0.256 e. The molecule has 1 atom stereocenters. The van der Waals surface area contributed by atoms with E-state index in [0.717, 1.165) is 25.9 Å². The lowest BCUT2D eigenvalue weighted by atomic mass is 10.2. The third kappa shape index (κ3) is 3.14. The molecule has 1 unspecified atom stereocenters. The fourth-order valence-corrected chi connectivity index (χ4v) is 2.81. The molecule has 0 bridgehead atoms. The molecule has 8 heteroatoms. The van der Waals surface area contributed by atoms with Crippen LogP contribution in [0.2, 0.25) is 5.28 Å². The minimum absolute atomic E-state index is 0.195. The van der Waals surface area contributed by atoms with Crippen molar-refractivity contribution in [2.45, 2.75) is 18.9 Å².